The fourth-order valence-corrected chi connectivity index (χ4v) is 2.55. The van der Waals surface area contributed by atoms with Crippen LogP contribution >= 0.6 is 0 Å². The van der Waals surface area contributed by atoms with Crippen molar-refractivity contribution in [3.05, 3.63) is 41.5 Å². The van der Waals surface area contributed by atoms with Crippen LogP contribution in [0.1, 0.15) is 44.7 Å². The first-order valence-electron chi connectivity index (χ1n) is 6.76. The summed E-state index contributed by atoms with van der Waals surface area (Å²) in [6.07, 6.45) is 6.19. The van der Waals surface area contributed by atoms with E-state index in [9.17, 15) is 0 Å². The minimum Gasteiger partial charge on any atom is -0.497 e. The summed E-state index contributed by atoms with van der Waals surface area (Å²) in [6.45, 7) is 4.45. The van der Waals surface area contributed by atoms with E-state index in [0.29, 0.717) is 12.1 Å². The molecule has 2 rings (SSSR count). The van der Waals surface area contributed by atoms with E-state index in [-0.39, 0.29) is 0 Å². The van der Waals surface area contributed by atoms with Gasteiger partial charge in [-0.05, 0) is 50.8 Å². The van der Waals surface area contributed by atoms with E-state index in [4.69, 9.17) is 4.74 Å². The Morgan fingerprint density at radius 2 is 2.00 bits per heavy atom. The van der Waals surface area contributed by atoms with Gasteiger partial charge < -0.3 is 10.1 Å². The Hall–Kier alpha value is -1.28. The molecule has 0 aliphatic heterocycles. The molecule has 0 unspecified atom stereocenters. The van der Waals surface area contributed by atoms with E-state index >= 15 is 0 Å². The van der Waals surface area contributed by atoms with E-state index in [1.54, 1.807) is 7.11 Å². The van der Waals surface area contributed by atoms with Gasteiger partial charge in [-0.25, -0.2) is 0 Å². The lowest BCUT2D eigenvalue weighted by atomic mass is 9.95. The largest absolute Gasteiger partial charge is 0.497 e. The highest BCUT2D eigenvalue weighted by atomic mass is 16.5. The van der Waals surface area contributed by atoms with Crippen LogP contribution in [0, 0.1) is 0 Å². The lowest BCUT2D eigenvalue weighted by Crippen LogP contribution is -2.31. The molecule has 1 aromatic rings. The Bertz CT molecular complexity index is 408. The van der Waals surface area contributed by atoms with Crippen LogP contribution in [-0.4, -0.2) is 13.2 Å². The average molecular weight is 245 g/mol. The molecule has 2 atom stereocenters. The first-order chi connectivity index (χ1) is 8.69. The van der Waals surface area contributed by atoms with E-state index in [1.165, 1.54) is 30.4 Å². The number of rotatable bonds is 4. The van der Waals surface area contributed by atoms with Crippen molar-refractivity contribution >= 4 is 0 Å². The first-order valence-corrected chi connectivity index (χ1v) is 6.76. The van der Waals surface area contributed by atoms with Crippen molar-refractivity contribution in [3.63, 3.8) is 0 Å². The highest BCUT2D eigenvalue weighted by Gasteiger charge is 2.14. The van der Waals surface area contributed by atoms with Crippen LogP contribution in [0.15, 0.2) is 35.9 Å². The van der Waals surface area contributed by atoms with Crippen molar-refractivity contribution in [2.24, 2.45) is 0 Å². The molecule has 18 heavy (non-hydrogen) atoms. The lowest BCUT2D eigenvalue weighted by Gasteiger charge is -2.25. The standard InChI is InChI=1S/C16H23NO/c1-12-5-4-6-15(11-12)17-13(2)14-7-9-16(18-3)10-8-14/h7-11,13,15,17H,4-6H2,1-3H3/t13-,15-/m0/s1. The van der Waals surface area contributed by atoms with Crippen molar-refractivity contribution in [1.82, 2.24) is 5.32 Å². The van der Waals surface area contributed by atoms with Crippen LogP contribution in [0.2, 0.25) is 0 Å². The monoisotopic (exact) mass is 245 g/mol. The van der Waals surface area contributed by atoms with E-state index in [2.05, 4.69) is 37.4 Å². The molecule has 0 saturated carbocycles. The molecule has 0 saturated heterocycles. The van der Waals surface area contributed by atoms with Crippen molar-refractivity contribution in [2.75, 3.05) is 7.11 Å². The summed E-state index contributed by atoms with van der Waals surface area (Å²) in [5.74, 6) is 0.916. The maximum Gasteiger partial charge on any atom is 0.118 e. The van der Waals surface area contributed by atoms with Crippen molar-refractivity contribution in [3.8, 4) is 5.75 Å². The molecule has 0 bridgehead atoms. The zero-order valence-electron chi connectivity index (χ0n) is 11.6. The Kier molecular flexibility index (Phi) is 4.43. The molecule has 0 heterocycles. The maximum atomic E-state index is 5.18. The molecule has 0 spiro atoms. The number of benzene rings is 1. The normalized spacial score (nSPS) is 21.3. The summed E-state index contributed by atoms with van der Waals surface area (Å²) >= 11 is 0. The lowest BCUT2D eigenvalue weighted by molar-refractivity contribution is 0.414. The second-order valence-corrected chi connectivity index (χ2v) is 5.17. The Morgan fingerprint density at radius 3 is 2.61 bits per heavy atom. The Labute approximate surface area is 110 Å². The smallest absolute Gasteiger partial charge is 0.118 e. The van der Waals surface area contributed by atoms with Crippen LogP contribution in [0.25, 0.3) is 0 Å². The van der Waals surface area contributed by atoms with Gasteiger partial charge in [-0.15, -0.1) is 0 Å². The van der Waals surface area contributed by atoms with Gasteiger partial charge in [0.25, 0.3) is 0 Å². The molecule has 2 heteroatoms. The summed E-state index contributed by atoms with van der Waals surface area (Å²) in [6, 6.07) is 9.22. The van der Waals surface area contributed by atoms with Crippen LogP contribution in [-0.2, 0) is 0 Å². The third kappa shape index (κ3) is 3.36. The number of ether oxygens (including phenoxy) is 1. The second-order valence-electron chi connectivity index (χ2n) is 5.17. The molecule has 0 radical (unpaired) electrons. The fourth-order valence-electron chi connectivity index (χ4n) is 2.55. The van der Waals surface area contributed by atoms with Crippen molar-refractivity contribution < 1.29 is 4.74 Å². The summed E-state index contributed by atoms with van der Waals surface area (Å²) in [7, 11) is 1.70. The number of hydrogen-bond acceptors (Lipinski definition) is 2. The van der Waals surface area contributed by atoms with Gasteiger partial charge in [0.2, 0.25) is 0 Å². The predicted octanol–water partition coefficient (Wildman–Crippen LogP) is 3.84. The summed E-state index contributed by atoms with van der Waals surface area (Å²) in [5, 5.41) is 3.69. The fraction of sp³-hybridized carbons (Fsp3) is 0.500. The molecule has 1 aliphatic rings. The molecule has 0 fully saturated rings. The predicted molar refractivity (Wildman–Crippen MR) is 75.9 cm³/mol. The van der Waals surface area contributed by atoms with Gasteiger partial charge in [-0.2, -0.15) is 0 Å². The molecule has 2 nitrogen and oxygen atoms in total. The highest BCUT2D eigenvalue weighted by Crippen LogP contribution is 2.22. The highest BCUT2D eigenvalue weighted by molar-refractivity contribution is 5.29. The van der Waals surface area contributed by atoms with Gasteiger partial charge in [0.05, 0.1) is 7.11 Å². The summed E-state index contributed by atoms with van der Waals surface area (Å²) in [5.41, 5.74) is 2.83. The number of methoxy groups -OCH3 is 1. The molecule has 98 valence electrons. The van der Waals surface area contributed by atoms with Crippen LogP contribution in [0.4, 0.5) is 0 Å². The molecule has 0 aromatic heterocycles. The molecule has 1 aromatic carbocycles. The maximum absolute atomic E-state index is 5.18. The third-order valence-electron chi connectivity index (χ3n) is 3.65. The van der Waals surface area contributed by atoms with E-state index < -0.39 is 0 Å². The zero-order chi connectivity index (χ0) is 13.0. The molecular formula is C16H23NO. The van der Waals surface area contributed by atoms with Crippen molar-refractivity contribution in [1.29, 1.82) is 0 Å². The Morgan fingerprint density at radius 1 is 1.28 bits per heavy atom. The van der Waals surface area contributed by atoms with Crippen LogP contribution in [0.3, 0.4) is 0 Å². The molecule has 0 amide bonds. The molecule has 1 N–H and O–H groups in total. The minimum atomic E-state index is 0.378. The average Bonchev–Trinajstić information content (AvgIpc) is 2.39. The SMILES string of the molecule is COc1ccc([C@H](C)N[C@@H]2C=C(C)CCC2)cc1. The number of nitrogens with one attached hydrogen (secondary N) is 1. The number of hydrogen-bond donors (Lipinski definition) is 1. The zero-order valence-corrected chi connectivity index (χ0v) is 11.6. The van der Waals surface area contributed by atoms with Gasteiger partial charge in [0.1, 0.15) is 5.75 Å². The number of allylic oxidation sites excluding steroid dienone is 1. The van der Waals surface area contributed by atoms with E-state index in [1.807, 2.05) is 12.1 Å². The summed E-state index contributed by atoms with van der Waals surface area (Å²) < 4.78 is 5.18. The second kappa shape index (κ2) is 6.05. The Balaban J connectivity index is 1.98. The summed E-state index contributed by atoms with van der Waals surface area (Å²) in [4.78, 5) is 0. The van der Waals surface area contributed by atoms with Gasteiger partial charge in [0, 0.05) is 12.1 Å². The topological polar surface area (TPSA) is 21.3 Å². The van der Waals surface area contributed by atoms with E-state index in [0.717, 1.165) is 5.75 Å². The molecule has 1 aliphatic carbocycles. The van der Waals surface area contributed by atoms with Gasteiger partial charge >= 0.3 is 0 Å². The first kappa shape index (κ1) is 13.2. The van der Waals surface area contributed by atoms with Crippen molar-refractivity contribution in [2.45, 2.75) is 45.2 Å². The van der Waals surface area contributed by atoms with Crippen LogP contribution < -0.4 is 10.1 Å². The quantitative estimate of drug-likeness (QED) is 0.814. The third-order valence-corrected chi connectivity index (χ3v) is 3.65. The molecular weight excluding hydrogens is 222 g/mol. The minimum absolute atomic E-state index is 0.378. The van der Waals surface area contributed by atoms with Gasteiger partial charge in [-0.1, -0.05) is 23.8 Å². The van der Waals surface area contributed by atoms with Gasteiger partial charge in [-0.3, -0.25) is 0 Å². The van der Waals surface area contributed by atoms with Gasteiger partial charge in [0.15, 0.2) is 0 Å². The van der Waals surface area contributed by atoms with Crippen LogP contribution in [0.5, 0.6) is 5.75 Å².